The summed E-state index contributed by atoms with van der Waals surface area (Å²) in [6.45, 7) is 1.82. The molecule has 2 fully saturated rings. The molecule has 112 valence electrons. The predicted molar refractivity (Wildman–Crippen MR) is 75.8 cm³/mol. The van der Waals surface area contributed by atoms with Crippen LogP contribution in [0.5, 0.6) is 0 Å². The van der Waals surface area contributed by atoms with E-state index in [1.807, 2.05) is 11.5 Å². The third kappa shape index (κ3) is 2.64. The van der Waals surface area contributed by atoms with Crippen LogP contribution in [0.15, 0.2) is 17.2 Å². The molecule has 2 aliphatic rings. The van der Waals surface area contributed by atoms with Crippen LogP contribution in [0.25, 0.3) is 0 Å². The van der Waals surface area contributed by atoms with Crippen LogP contribution in [-0.2, 0) is 16.6 Å². The van der Waals surface area contributed by atoms with Crippen molar-refractivity contribution in [1.29, 1.82) is 0 Å². The number of sulfonamides is 1. The van der Waals surface area contributed by atoms with Gasteiger partial charge in [0.1, 0.15) is 0 Å². The van der Waals surface area contributed by atoms with E-state index >= 15 is 0 Å². The van der Waals surface area contributed by atoms with Crippen LogP contribution in [-0.4, -0.2) is 24.1 Å². The zero-order chi connectivity index (χ0) is 14.3. The number of nitrogens with zero attached hydrogens (tertiary/aromatic N) is 1. The lowest BCUT2D eigenvalue weighted by atomic mass is 9.81. The Kier molecular flexibility index (Phi) is 3.64. The molecular weight excluding hydrogens is 276 g/mol. The summed E-state index contributed by atoms with van der Waals surface area (Å²) in [6, 6.07) is 1.94. The quantitative estimate of drug-likeness (QED) is 0.841. The van der Waals surface area contributed by atoms with E-state index in [0.717, 1.165) is 25.7 Å². The maximum Gasteiger partial charge on any atom is 0.242 e. The van der Waals surface area contributed by atoms with Crippen LogP contribution < -0.4 is 4.72 Å². The summed E-state index contributed by atoms with van der Waals surface area (Å²) in [5, 5.41) is 9.36. The summed E-state index contributed by atoms with van der Waals surface area (Å²) in [6.07, 6.45) is 7.20. The molecule has 1 aromatic heterocycles. The van der Waals surface area contributed by atoms with Gasteiger partial charge in [-0.15, -0.1) is 0 Å². The van der Waals surface area contributed by atoms with E-state index in [2.05, 4.69) is 4.72 Å². The van der Waals surface area contributed by atoms with E-state index in [9.17, 15) is 13.5 Å². The third-order valence-corrected chi connectivity index (χ3v) is 6.04. The third-order valence-electron chi connectivity index (χ3n) is 4.52. The first kappa shape index (κ1) is 14.1. The van der Waals surface area contributed by atoms with Gasteiger partial charge >= 0.3 is 0 Å². The minimum absolute atomic E-state index is 0.0180. The Bertz CT molecular complexity index is 586. The normalized spacial score (nSPS) is 21.7. The highest BCUT2D eigenvalue weighted by molar-refractivity contribution is 7.89. The lowest BCUT2D eigenvalue weighted by Crippen LogP contribution is -2.40. The van der Waals surface area contributed by atoms with Crippen molar-refractivity contribution < 1.29 is 13.5 Å². The van der Waals surface area contributed by atoms with Crippen LogP contribution in [0.2, 0.25) is 0 Å². The molecule has 1 atom stereocenters. The minimum atomic E-state index is -3.48. The average Bonchev–Trinajstić information content (AvgIpc) is 3.04. The van der Waals surface area contributed by atoms with Gasteiger partial charge in [0.25, 0.3) is 0 Å². The molecule has 0 bridgehead atoms. The monoisotopic (exact) mass is 298 g/mol. The van der Waals surface area contributed by atoms with Gasteiger partial charge in [0.15, 0.2) is 0 Å². The lowest BCUT2D eigenvalue weighted by Gasteiger charge is -2.31. The highest BCUT2D eigenvalue weighted by atomic mass is 32.2. The maximum absolute atomic E-state index is 12.4. The summed E-state index contributed by atoms with van der Waals surface area (Å²) < 4.78 is 29.5. The van der Waals surface area contributed by atoms with E-state index < -0.39 is 10.0 Å². The van der Waals surface area contributed by atoms with Crippen LogP contribution in [0, 0.1) is 5.92 Å². The first-order valence-corrected chi connectivity index (χ1v) is 8.83. The van der Waals surface area contributed by atoms with Gasteiger partial charge in [-0.1, -0.05) is 6.42 Å². The molecule has 20 heavy (non-hydrogen) atoms. The Balaban J connectivity index is 1.79. The number of aliphatic hydroxyl groups is 1. The highest BCUT2D eigenvalue weighted by Gasteiger charge is 2.31. The first-order chi connectivity index (χ1) is 9.51. The number of hydrogen-bond acceptors (Lipinski definition) is 3. The molecule has 0 spiro atoms. The van der Waals surface area contributed by atoms with Gasteiger partial charge < -0.3 is 9.67 Å². The van der Waals surface area contributed by atoms with Crippen molar-refractivity contribution in [3.8, 4) is 0 Å². The molecular formula is C14H22N2O3S. The minimum Gasteiger partial charge on any atom is -0.390 e. The van der Waals surface area contributed by atoms with E-state index in [0.29, 0.717) is 17.7 Å². The van der Waals surface area contributed by atoms with Gasteiger partial charge in [0.05, 0.1) is 11.5 Å². The number of hydrogen-bond donors (Lipinski definition) is 2. The molecule has 0 amide bonds. The topological polar surface area (TPSA) is 71.3 Å². The number of aliphatic hydroxyl groups excluding tert-OH is 1. The van der Waals surface area contributed by atoms with Gasteiger partial charge in [-0.2, -0.15) is 0 Å². The van der Waals surface area contributed by atoms with Crippen molar-refractivity contribution in [2.24, 2.45) is 5.92 Å². The van der Waals surface area contributed by atoms with Crippen LogP contribution >= 0.6 is 0 Å². The smallest absolute Gasteiger partial charge is 0.242 e. The molecule has 1 aromatic rings. The van der Waals surface area contributed by atoms with Gasteiger partial charge in [0, 0.05) is 24.0 Å². The Morgan fingerprint density at radius 1 is 1.40 bits per heavy atom. The molecule has 1 unspecified atom stereocenters. The zero-order valence-electron chi connectivity index (χ0n) is 11.7. The molecule has 2 aliphatic carbocycles. The van der Waals surface area contributed by atoms with Gasteiger partial charge in [-0.25, -0.2) is 13.1 Å². The maximum atomic E-state index is 12.4. The summed E-state index contributed by atoms with van der Waals surface area (Å²) >= 11 is 0. The van der Waals surface area contributed by atoms with Crippen molar-refractivity contribution in [2.75, 3.05) is 0 Å². The van der Waals surface area contributed by atoms with E-state index in [1.165, 1.54) is 6.42 Å². The lowest BCUT2D eigenvalue weighted by molar-refractivity contribution is 0.260. The van der Waals surface area contributed by atoms with Gasteiger partial charge in [0.2, 0.25) is 10.0 Å². The number of rotatable bonds is 6. The molecule has 2 saturated carbocycles. The summed E-state index contributed by atoms with van der Waals surface area (Å²) in [7, 11) is -3.48. The fraction of sp³-hybridized carbons (Fsp3) is 0.714. The van der Waals surface area contributed by atoms with Crippen molar-refractivity contribution in [2.45, 2.75) is 62.6 Å². The van der Waals surface area contributed by atoms with E-state index in [1.54, 1.807) is 12.3 Å². The Morgan fingerprint density at radius 3 is 2.60 bits per heavy atom. The van der Waals surface area contributed by atoms with E-state index in [-0.39, 0.29) is 17.5 Å². The molecule has 0 aliphatic heterocycles. The molecule has 1 heterocycles. The largest absolute Gasteiger partial charge is 0.390 e. The van der Waals surface area contributed by atoms with Crippen molar-refractivity contribution in [1.82, 2.24) is 9.29 Å². The molecule has 3 rings (SSSR count). The molecule has 5 nitrogen and oxygen atoms in total. The Labute approximate surface area is 120 Å². The first-order valence-electron chi connectivity index (χ1n) is 7.35. The van der Waals surface area contributed by atoms with E-state index in [4.69, 9.17) is 0 Å². The second-order valence-electron chi connectivity index (χ2n) is 6.06. The molecule has 0 saturated heterocycles. The zero-order valence-corrected chi connectivity index (χ0v) is 12.6. The van der Waals surface area contributed by atoms with Gasteiger partial charge in [-0.05, 0) is 44.6 Å². The number of nitrogens with one attached hydrogen (secondary N) is 1. The summed E-state index contributed by atoms with van der Waals surface area (Å²) in [4.78, 5) is 0.277. The summed E-state index contributed by atoms with van der Waals surface area (Å²) in [5.74, 6) is 0.465. The number of aromatic nitrogens is 1. The Hall–Kier alpha value is -0.850. The van der Waals surface area contributed by atoms with Crippen molar-refractivity contribution in [3.05, 3.63) is 18.0 Å². The molecule has 2 N–H and O–H groups in total. The van der Waals surface area contributed by atoms with Crippen molar-refractivity contribution in [3.63, 3.8) is 0 Å². The SMILES string of the molecule is CC(NS(=O)(=O)c1cc(CO)n(C2CC2)c1)C1CCC1. The molecule has 0 aromatic carbocycles. The Morgan fingerprint density at radius 2 is 2.10 bits per heavy atom. The molecule has 6 heteroatoms. The predicted octanol–water partition coefficient (Wildman–Crippen LogP) is 1.78. The van der Waals surface area contributed by atoms with Crippen LogP contribution in [0.3, 0.4) is 0 Å². The molecule has 0 radical (unpaired) electrons. The standard InChI is InChI=1S/C14H22N2O3S/c1-10(11-3-2-4-11)15-20(18,19)14-7-13(9-17)16(8-14)12-5-6-12/h7-8,10-12,15,17H,2-6,9H2,1H3. The second kappa shape index (κ2) is 5.16. The van der Waals surface area contributed by atoms with Crippen molar-refractivity contribution >= 4 is 10.0 Å². The van der Waals surface area contributed by atoms with Crippen LogP contribution in [0.1, 0.15) is 50.8 Å². The highest BCUT2D eigenvalue weighted by Crippen LogP contribution is 2.37. The average molecular weight is 298 g/mol. The fourth-order valence-corrected chi connectivity index (χ4v) is 4.17. The fourth-order valence-electron chi connectivity index (χ4n) is 2.81. The van der Waals surface area contributed by atoms with Gasteiger partial charge in [-0.3, -0.25) is 0 Å². The second-order valence-corrected chi connectivity index (χ2v) is 7.78. The van der Waals surface area contributed by atoms with Crippen LogP contribution in [0.4, 0.5) is 0 Å². The summed E-state index contributed by atoms with van der Waals surface area (Å²) in [5.41, 5.74) is 0.684.